The third-order valence-electron chi connectivity index (χ3n) is 5.42. The second-order valence-electron chi connectivity index (χ2n) is 7.13. The fourth-order valence-electron chi connectivity index (χ4n) is 4.07. The second kappa shape index (κ2) is 6.67. The number of aromatic nitrogens is 3. The Balaban J connectivity index is 1.40. The van der Waals surface area contributed by atoms with Gasteiger partial charge in [0.2, 0.25) is 0 Å². The van der Waals surface area contributed by atoms with Gasteiger partial charge in [-0.1, -0.05) is 18.2 Å². The standard InChI is InChI=1S/C22H22N4O/c1-25-19-9-3-2-8-18(19)24-22(25)21-12-11-16(27-21)15-26-14-6-10-20(26)17-7-4-5-13-23-17/h2-5,7-9,11-13,20H,6,10,14-15H2,1H3. The Morgan fingerprint density at radius 3 is 2.81 bits per heavy atom. The van der Waals surface area contributed by atoms with E-state index in [1.165, 1.54) is 6.42 Å². The maximum Gasteiger partial charge on any atom is 0.176 e. The molecule has 0 spiro atoms. The van der Waals surface area contributed by atoms with Crippen molar-refractivity contribution < 1.29 is 4.42 Å². The first kappa shape index (κ1) is 16.3. The third-order valence-corrected chi connectivity index (χ3v) is 5.42. The molecule has 5 nitrogen and oxygen atoms in total. The highest BCUT2D eigenvalue weighted by Gasteiger charge is 2.27. The van der Waals surface area contributed by atoms with Crippen molar-refractivity contribution in [2.75, 3.05) is 6.54 Å². The number of aryl methyl sites for hydroxylation is 1. The van der Waals surface area contributed by atoms with Crippen LogP contribution in [0.1, 0.15) is 30.3 Å². The van der Waals surface area contributed by atoms with Crippen molar-refractivity contribution in [3.63, 3.8) is 0 Å². The molecule has 27 heavy (non-hydrogen) atoms. The monoisotopic (exact) mass is 358 g/mol. The van der Waals surface area contributed by atoms with E-state index < -0.39 is 0 Å². The molecule has 3 aromatic heterocycles. The van der Waals surface area contributed by atoms with Gasteiger partial charge >= 0.3 is 0 Å². The third kappa shape index (κ3) is 2.94. The van der Waals surface area contributed by atoms with Crippen LogP contribution in [-0.4, -0.2) is 26.0 Å². The van der Waals surface area contributed by atoms with E-state index in [0.29, 0.717) is 6.04 Å². The Hall–Kier alpha value is -2.92. The molecule has 0 N–H and O–H groups in total. The van der Waals surface area contributed by atoms with Gasteiger partial charge in [0.05, 0.1) is 29.3 Å². The summed E-state index contributed by atoms with van der Waals surface area (Å²) in [5.74, 6) is 2.65. The normalized spacial score (nSPS) is 17.7. The van der Waals surface area contributed by atoms with E-state index in [1.54, 1.807) is 0 Å². The molecule has 1 saturated heterocycles. The molecule has 5 heteroatoms. The summed E-state index contributed by atoms with van der Waals surface area (Å²) in [5.41, 5.74) is 3.25. The van der Waals surface area contributed by atoms with Crippen molar-refractivity contribution in [3.05, 3.63) is 72.2 Å². The van der Waals surface area contributed by atoms with Crippen LogP contribution in [0.25, 0.3) is 22.6 Å². The van der Waals surface area contributed by atoms with E-state index in [9.17, 15) is 0 Å². The number of pyridine rings is 1. The lowest BCUT2D eigenvalue weighted by atomic mass is 10.1. The van der Waals surface area contributed by atoms with Gasteiger partial charge in [0.25, 0.3) is 0 Å². The fourth-order valence-corrected chi connectivity index (χ4v) is 4.07. The van der Waals surface area contributed by atoms with E-state index in [2.05, 4.69) is 38.7 Å². The fraction of sp³-hybridized carbons (Fsp3) is 0.273. The average molecular weight is 358 g/mol. The number of hydrogen-bond donors (Lipinski definition) is 0. The summed E-state index contributed by atoms with van der Waals surface area (Å²) >= 11 is 0. The van der Waals surface area contributed by atoms with Gasteiger partial charge in [-0.25, -0.2) is 4.98 Å². The van der Waals surface area contributed by atoms with Crippen LogP contribution in [0.3, 0.4) is 0 Å². The summed E-state index contributed by atoms with van der Waals surface area (Å²) in [6.07, 6.45) is 4.22. The molecule has 0 radical (unpaired) electrons. The van der Waals surface area contributed by atoms with Gasteiger partial charge < -0.3 is 8.98 Å². The highest BCUT2D eigenvalue weighted by Crippen LogP contribution is 2.33. The van der Waals surface area contributed by atoms with Crippen LogP contribution in [0.5, 0.6) is 0 Å². The molecule has 4 heterocycles. The van der Waals surface area contributed by atoms with Crippen LogP contribution in [0.2, 0.25) is 0 Å². The van der Waals surface area contributed by atoms with Crippen molar-refractivity contribution in [3.8, 4) is 11.6 Å². The number of rotatable bonds is 4. The zero-order valence-corrected chi connectivity index (χ0v) is 15.4. The molecule has 1 fully saturated rings. The topological polar surface area (TPSA) is 47.1 Å². The summed E-state index contributed by atoms with van der Waals surface area (Å²) in [7, 11) is 2.03. The average Bonchev–Trinajstić information content (AvgIpc) is 3.43. The Morgan fingerprint density at radius 2 is 1.96 bits per heavy atom. The summed E-state index contributed by atoms with van der Waals surface area (Å²) in [6, 6.07) is 18.8. The van der Waals surface area contributed by atoms with Gasteiger partial charge in [0, 0.05) is 13.2 Å². The quantitative estimate of drug-likeness (QED) is 0.536. The van der Waals surface area contributed by atoms with Gasteiger partial charge in [-0.3, -0.25) is 9.88 Å². The first-order valence-electron chi connectivity index (χ1n) is 9.45. The first-order valence-corrected chi connectivity index (χ1v) is 9.45. The van der Waals surface area contributed by atoms with Gasteiger partial charge in [-0.15, -0.1) is 0 Å². The lowest BCUT2D eigenvalue weighted by molar-refractivity contribution is 0.225. The summed E-state index contributed by atoms with van der Waals surface area (Å²) in [5, 5.41) is 0. The molecule has 5 rings (SSSR count). The minimum Gasteiger partial charge on any atom is -0.456 e. The van der Waals surface area contributed by atoms with Gasteiger partial charge in [-0.05, 0) is 55.8 Å². The summed E-state index contributed by atoms with van der Waals surface area (Å²) < 4.78 is 8.27. The van der Waals surface area contributed by atoms with E-state index in [-0.39, 0.29) is 0 Å². The SMILES string of the molecule is Cn1c(-c2ccc(CN3CCCC3c3ccccn3)o2)nc2ccccc21. The molecule has 136 valence electrons. The predicted molar refractivity (Wildman–Crippen MR) is 105 cm³/mol. The van der Waals surface area contributed by atoms with Crippen molar-refractivity contribution in [2.45, 2.75) is 25.4 Å². The Morgan fingerprint density at radius 1 is 1.07 bits per heavy atom. The van der Waals surface area contributed by atoms with Crippen LogP contribution in [0.15, 0.2) is 65.2 Å². The molecule has 0 aliphatic carbocycles. The maximum atomic E-state index is 6.18. The van der Waals surface area contributed by atoms with Crippen molar-refractivity contribution >= 4 is 11.0 Å². The zero-order chi connectivity index (χ0) is 18.2. The largest absolute Gasteiger partial charge is 0.456 e. The van der Waals surface area contributed by atoms with Crippen LogP contribution in [0, 0.1) is 0 Å². The molecule has 1 aliphatic heterocycles. The Kier molecular flexibility index (Phi) is 4.02. The predicted octanol–water partition coefficient (Wildman–Crippen LogP) is 4.57. The summed E-state index contributed by atoms with van der Waals surface area (Å²) in [6.45, 7) is 1.87. The van der Waals surface area contributed by atoms with Crippen LogP contribution in [-0.2, 0) is 13.6 Å². The number of para-hydroxylation sites is 2. The van der Waals surface area contributed by atoms with Crippen molar-refractivity contribution in [1.82, 2.24) is 19.4 Å². The molecule has 0 bridgehead atoms. The van der Waals surface area contributed by atoms with Gasteiger partial charge in [-0.2, -0.15) is 0 Å². The van der Waals surface area contributed by atoms with Gasteiger partial charge in [0.15, 0.2) is 11.6 Å². The van der Waals surface area contributed by atoms with Crippen LogP contribution < -0.4 is 0 Å². The number of imidazole rings is 1. The molecule has 1 atom stereocenters. The van der Waals surface area contributed by atoms with E-state index in [0.717, 1.165) is 53.6 Å². The Labute approximate surface area is 158 Å². The second-order valence-corrected chi connectivity index (χ2v) is 7.13. The lowest BCUT2D eigenvalue weighted by Crippen LogP contribution is -2.23. The van der Waals surface area contributed by atoms with E-state index >= 15 is 0 Å². The van der Waals surface area contributed by atoms with E-state index in [1.807, 2.05) is 43.6 Å². The number of hydrogen-bond acceptors (Lipinski definition) is 4. The molecule has 1 aliphatic rings. The number of benzene rings is 1. The Bertz CT molecular complexity index is 1070. The molecule has 0 saturated carbocycles. The number of nitrogens with zero attached hydrogens (tertiary/aromatic N) is 4. The highest BCUT2D eigenvalue weighted by molar-refractivity contribution is 5.79. The zero-order valence-electron chi connectivity index (χ0n) is 15.4. The van der Waals surface area contributed by atoms with E-state index in [4.69, 9.17) is 9.40 Å². The first-order chi connectivity index (χ1) is 13.3. The molecular weight excluding hydrogens is 336 g/mol. The summed E-state index contributed by atoms with van der Waals surface area (Å²) in [4.78, 5) is 11.7. The molecule has 1 unspecified atom stereocenters. The maximum absolute atomic E-state index is 6.18. The van der Waals surface area contributed by atoms with Crippen LogP contribution in [0.4, 0.5) is 0 Å². The number of furan rings is 1. The molecule has 4 aromatic rings. The smallest absolute Gasteiger partial charge is 0.176 e. The van der Waals surface area contributed by atoms with Gasteiger partial charge in [0.1, 0.15) is 5.76 Å². The minimum atomic E-state index is 0.371. The molecule has 1 aromatic carbocycles. The highest BCUT2D eigenvalue weighted by atomic mass is 16.3. The molecular formula is C22H22N4O. The minimum absolute atomic E-state index is 0.371. The number of likely N-dealkylation sites (tertiary alicyclic amines) is 1. The van der Waals surface area contributed by atoms with Crippen molar-refractivity contribution in [2.24, 2.45) is 7.05 Å². The van der Waals surface area contributed by atoms with Crippen molar-refractivity contribution in [1.29, 1.82) is 0 Å². The number of fused-ring (bicyclic) bond motifs is 1. The molecule has 0 amide bonds. The van der Waals surface area contributed by atoms with Crippen LogP contribution >= 0.6 is 0 Å². The lowest BCUT2D eigenvalue weighted by Gasteiger charge is -2.22.